The fourth-order valence-corrected chi connectivity index (χ4v) is 3.29. The summed E-state index contributed by atoms with van der Waals surface area (Å²) in [6.07, 6.45) is 1.64. The van der Waals surface area contributed by atoms with E-state index in [-0.39, 0.29) is 11.6 Å². The first-order chi connectivity index (χ1) is 12.0. The van der Waals surface area contributed by atoms with Gasteiger partial charge in [-0.25, -0.2) is 4.98 Å². The number of nitrogens with one attached hydrogen (secondary N) is 1. The maximum atomic E-state index is 10.6. The molecule has 0 amide bonds. The number of fused-ring (bicyclic) bond motifs is 1. The molecule has 0 atom stereocenters. The predicted molar refractivity (Wildman–Crippen MR) is 98.4 cm³/mol. The summed E-state index contributed by atoms with van der Waals surface area (Å²) in [7, 11) is 0. The van der Waals surface area contributed by atoms with Crippen molar-refractivity contribution in [1.82, 2.24) is 14.5 Å². The van der Waals surface area contributed by atoms with Crippen LogP contribution < -0.4 is 0 Å². The van der Waals surface area contributed by atoms with Crippen molar-refractivity contribution in [2.75, 3.05) is 0 Å². The number of rotatable bonds is 2. The van der Waals surface area contributed by atoms with Crippen molar-refractivity contribution in [3.8, 4) is 28.6 Å². The van der Waals surface area contributed by atoms with Gasteiger partial charge in [-0.3, -0.25) is 4.57 Å². The van der Waals surface area contributed by atoms with Gasteiger partial charge in [0.25, 0.3) is 0 Å². The Bertz CT molecular complexity index is 1110. The van der Waals surface area contributed by atoms with Crippen molar-refractivity contribution in [3.63, 3.8) is 0 Å². The molecule has 4 aromatic rings. The first-order valence-corrected chi connectivity index (χ1v) is 8.11. The van der Waals surface area contributed by atoms with Gasteiger partial charge in [-0.15, -0.1) is 0 Å². The molecule has 0 bridgehead atoms. The van der Waals surface area contributed by atoms with Crippen LogP contribution in [-0.4, -0.2) is 24.7 Å². The van der Waals surface area contributed by atoms with Gasteiger partial charge in [0, 0.05) is 11.1 Å². The third-order valence-corrected chi connectivity index (χ3v) is 4.67. The standard InChI is InChI=1S/C20H19N3O2/c1-11-4-5-12(2)15(8-11)18-13(3)19(24)20(25)23(18)14-6-7-16-17(9-14)22-10-21-16/h4-10,24-25H,1-3H3,(H,21,22). The van der Waals surface area contributed by atoms with Crippen LogP contribution >= 0.6 is 0 Å². The highest BCUT2D eigenvalue weighted by Crippen LogP contribution is 2.43. The molecule has 25 heavy (non-hydrogen) atoms. The van der Waals surface area contributed by atoms with Crippen LogP contribution in [0, 0.1) is 20.8 Å². The van der Waals surface area contributed by atoms with E-state index in [2.05, 4.69) is 22.1 Å². The predicted octanol–water partition coefficient (Wildman–Crippen LogP) is 4.36. The third kappa shape index (κ3) is 2.28. The largest absolute Gasteiger partial charge is 0.503 e. The fraction of sp³-hybridized carbons (Fsp3) is 0.150. The van der Waals surface area contributed by atoms with Crippen molar-refractivity contribution < 1.29 is 10.2 Å². The van der Waals surface area contributed by atoms with Gasteiger partial charge in [-0.1, -0.05) is 17.7 Å². The maximum absolute atomic E-state index is 10.6. The van der Waals surface area contributed by atoms with Crippen molar-refractivity contribution in [1.29, 1.82) is 0 Å². The summed E-state index contributed by atoms with van der Waals surface area (Å²) in [5, 5.41) is 21.0. The number of aryl methyl sites for hydroxylation is 2. The Morgan fingerprint density at radius 2 is 1.80 bits per heavy atom. The number of aromatic amines is 1. The van der Waals surface area contributed by atoms with Crippen LogP contribution in [-0.2, 0) is 0 Å². The lowest BCUT2D eigenvalue weighted by atomic mass is 10.0. The zero-order valence-corrected chi connectivity index (χ0v) is 14.3. The topological polar surface area (TPSA) is 74.1 Å². The molecule has 0 fully saturated rings. The summed E-state index contributed by atoms with van der Waals surface area (Å²) in [5.74, 6) is -0.257. The van der Waals surface area contributed by atoms with E-state index in [1.54, 1.807) is 10.9 Å². The summed E-state index contributed by atoms with van der Waals surface area (Å²) in [4.78, 5) is 7.31. The highest BCUT2D eigenvalue weighted by atomic mass is 16.3. The van der Waals surface area contributed by atoms with Crippen molar-refractivity contribution in [2.24, 2.45) is 0 Å². The van der Waals surface area contributed by atoms with Crippen molar-refractivity contribution in [2.45, 2.75) is 20.8 Å². The minimum absolute atomic E-state index is 0.0967. The van der Waals surface area contributed by atoms with E-state index in [0.29, 0.717) is 5.56 Å². The number of benzene rings is 2. The van der Waals surface area contributed by atoms with Gasteiger partial charge in [-0.05, 0) is 50.6 Å². The first kappa shape index (κ1) is 15.3. The van der Waals surface area contributed by atoms with E-state index in [1.807, 2.05) is 45.0 Å². The Kier molecular flexibility index (Phi) is 3.32. The van der Waals surface area contributed by atoms with E-state index >= 15 is 0 Å². The van der Waals surface area contributed by atoms with E-state index < -0.39 is 0 Å². The number of aromatic nitrogens is 3. The van der Waals surface area contributed by atoms with Crippen LogP contribution in [0.4, 0.5) is 0 Å². The maximum Gasteiger partial charge on any atom is 0.240 e. The van der Waals surface area contributed by atoms with Gasteiger partial charge in [0.15, 0.2) is 5.75 Å². The second-order valence-electron chi connectivity index (χ2n) is 6.40. The van der Waals surface area contributed by atoms with Crippen molar-refractivity contribution in [3.05, 3.63) is 59.4 Å². The molecule has 0 aliphatic carbocycles. The molecule has 0 radical (unpaired) electrons. The second-order valence-corrected chi connectivity index (χ2v) is 6.40. The molecule has 126 valence electrons. The van der Waals surface area contributed by atoms with Crippen LogP contribution in [0.15, 0.2) is 42.7 Å². The van der Waals surface area contributed by atoms with Gasteiger partial charge < -0.3 is 15.2 Å². The molecule has 2 heterocycles. The molecule has 5 heteroatoms. The van der Waals surface area contributed by atoms with Crippen LogP contribution in [0.25, 0.3) is 28.0 Å². The lowest BCUT2D eigenvalue weighted by Crippen LogP contribution is -1.99. The van der Waals surface area contributed by atoms with Crippen molar-refractivity contribution >= 4 is 11.0 Å². The smallest absolute Gasteiger partial charge is 0.240 e. The molecule has 0 saturated carbocycles. The Morgan fingerprint density at radius 1 is 1.00 bits per heavy atom. The molecular weight excluding hydrogens is 314 g/mol. The number of hydrogen-bond donors (Lipinski definition) is 3. The van der Waals surface area contributed by atoms with E-state index in [0.717, 1.165) is 39.1 Å². The molecule has 2 aromatic heterocycles. The molecule has 0 aliphatic heterocycles. The monoisotopic (exact) mass is 333 g/mol. The van der Waals surface area contributed by atoms with E-state index in [4.69, 9.17) is 0 Å². The third-order valence-electron chi connectivity index (χ3n) is 4.67. The summed E-state index contributed by atoms with van der Waals surface area (Å²) in [5.41, 5.74) is 7.10. The van der Waals surface area contributed by atoms with E-state index in [1.165, 1.54) is 0 Å². The second kappa shape index (κ2) is 5.41. The number of aromatic hydroxyl groups is 2. The molecule has 3 N–H and O–H groups in total. The lowest BCUT2D eigenvalue weighted by Gasteiger charge is -2.14. The molecule has 5 nitrogen and oxygen atoms in total. The number of H-pyrrole nitrogens is 1. The Hall–Kier alpha value is -3.21. The quantitative estimate of drug-likeness (QED) is 0.510. The average Bonchev–Trinajstić information content (AvgIpc) is 3.15. The fourth-order valence-electron chi connectivity index (χ4n) is 3.29. The van der Waals surface area contributed by atoms with Gasteiger partial charge in [0.2, 0.25) is 5.88 Å². The summed E-state index contributed by atoms with van der Waals surface area (Å²) in [6.45, 7) is 5.87. The minimum atomic E-state index is -0.160. The zero-order valence-electron chi connectivity index (χ0n) is 14.3. The van der Waals surface area contributed by atoms with Crippen LogP contribution in [0.1, 0.15) is 16.7 Å². The number of hydrogen-bond acceptors (Lipinski definition) is 3. The SMILES string of the molecule is Cc1ccc(C)c(-c2c(C)c(O)c(O)n2-c2ccc3nc[nH]c3c2)c1. The highest BCUT2D eigenvalue weighted by Gasteiger charge is 2.23. The van der Waals surface area contributed by atoms with Gasteiger partial charge in [0.1, 0.15) is 0 Å². The molecular formula is C20H19N3O2. The Morgan fingerprint density at radius 3 is 2.60 bits per heavy atom. The Balaban J connectivity index is 2.05. The molecule has 2 aromatic carbocycles. The average molecular weight is 333 g/mol. The minimum Gasteiger partial charge on any atom is -0.503 e. The normalized spacial score (nSPS) is 11.3. The molecule has 0 aliphatic rings. The first-order valence-electron chi connectivity index (χ1n) is 8.11. The summed E-state index contributed by atoms with van der Waals surface area (Å²) < 4.78 is 1.69. The van der Waals surface area contributed by atoms with Gasteiger partial charge >= 0.3 is 0 Å². The van der Waals surface area contributed by atoms with Crippen LogP contribution in [0.3, 0.4) is 0 Å². The van der Waals surface area contributed by atoms with Gasteiger partial charge in [0.05, 0.1) is 28.7 Å². The summed E-state index contributed by atoms with van der Waals surface area (Å²) >= 11 is 0. The molecule has 4 rings (SSSR count). The van der Waals surface area contributed by atoms with Crippen LogP contribution in [0.2, 0.25) is 0 Å². The summed E-state index contributed by atoms with van der Waals surface area (Å²) in [6, 6.07) is 11.9. The number of nitrogens with zero attached hydrogens (tertiary/aromatic N) is 2. The van der Waals surface area contributed by atoms with E-state index in [9.17, 15) is 10.2 Å². The molecule has 0 unspecified atom stereocenters. The highest BCUT2D eigenvalue weighted by molar-refractivity contribution is 5.80. The van der Waals surface area contributed by atoms with Crippen LogP contribution in [0.5, 0.6) is 11.6 Å². The Labute approximate surface area is 145 Å². The number of imidazole rings is 1. The molecule has 0 spiro atoms. The zero-order chi connectivity index (χ0) is 17.7. The lowest BCUT2D eigenvalue weighted by molar-refractivity contribution is 0.386. The van der Waals surface area contributed by atoms with Gasteiger partial charge in [-0.2, -0.15) is 0 Å². The molecule has 0 saturated heterocycles.